The Bertz CT molecular complexity index is 731. The van der Waals surface area contributed by atoms with Crippen molar-refractivity contribution in [1.29, 1.82) is 0 Å². The van der Waals surface area contributed by atoms with Crippen molar-refractivity contribution < 1.29 is 27.4 Å². The van der Waals surface area contributed by atoms with Gasteiger partial charge in [0, 0.05) is 12.6 Å². The van der Waals surface area contributed by atoms with E-state index in [0.29, 0.717) is 35.8 Å². The molecule has 1 aromatic carbocycles. The smallest absolute Gasteiger partial charge is 0.244 e. The number of rotatable bonds is 7. The van der Waals surface area contributed by atoms with E-state index in [1.165, 1.54) is 27.4 Å². The summed E-state index contributed by atoms with van der Waals surface area (Å²) >= 11 is 0. The van der Waals surface area contributed by atoms with E-state index in [1.54, 1.807) is 18.2 Å². The number of sulfone groups is 1. The Hall–Kier alpha value is -2.22. The molecular weight excluding hydrogens is 346 g/mol. The van der Waals surface area contributed by atoms with Crippen LogP contribution in [0.25, 0.3) is 6.08 Å². The van der Waals surface area contributed by atoms with E-state index in [9.17, 15) is 13.2 Å². The number of benzene rings is 1. The number of hydrogen-bond acceptors (Lipinski definition) is 6. The molecule has 0 aliphatic carbocycles. The van der Waals surface area contributed by atoms with Crippen LogP contribution in [0.15, 0.2) is 18.2 Å². The molecular formula is C17H23NO6S. The van der Waals surface area contributed by atoms with Gasteiger partial charge in [0.2, 0.25) is 11.7 Å². The Kier molecular flexibility index (Phi) is 6.30. The van der Waals surface area contributed by atoms with E-state index in [-0.39, 0.29) is 23.3 Å². The topological polar surface area (TPSA) is 90.9 Å². The number of hydrogen-bond donors (Lipinski definition) is 1. The van der Waals surface area contributed by atoms with Gasteiger partial charge >= 0.3 is 0 Å². The van der Waals surface area contributed by atoms with Crippen molar-refractivity contribution >= 4 is 21.8 Å². The van der Waals surface area contributed by atoms with Crippen LogP contribution in [0.3, 0.4) is 0 Å². The first-order valence-corrected chi connectivity index (χ1v) is 9.67. The van der Waals surface area contributed by atoms with Gasteiger partial charge in [-0.2, -0.15) is 0 Å². The lowest BCUT2D eigenvalue weighted by molar-refractivity contribution is -0.116. The molecule has 0 aromatic heterocycles. The van der Waals surface area contributed by atoms with E-state index in [2.05, 4.69) is 5.32 Å². The first-order chi connectivity index (χ1) is 11.9. The number of amides is 1. The number of methoxy groups -OCH3 is 3. The molecule has 2 rings (SSSR count). The van der Waals surface area contributed by atoms with E-state index in [0.717, 1.165) is 0 Å². The summed E-state index contributed by atoms with van der Waals surface area (Å²) in [6.07, 6.45) is 3.62. The van der Waals surface area contributed by atoms with Gasteiger partial charge in [0.05, 0.1) is 32.8 Å². The molecule has 1 N–H and O–H groups in total. The van der Waals surface area contributed by atoms with Crippen LogP contribution in [0, 0.1) is 5.92 Å². The largest absolute Gasteiger partial charge is 0.493 e. The third-order valence-corrected chi connectivity index (χ3v) is 5.84. The average molecular weight is 369 g/mol. The van der Waals surface area contributed by atoms with Crippen molar-refractivity contribution in [1.82, 2.24) is 5.32 Å². The number of nitrogens with one attached hydrogen (secondary N) is 1. The average Bonchev–Trinajstić information content (AvgIpc) is 2.95. The first-order valence-electron chi connectivity index (χ1n) is 7.85. The summed E-state index contributed by atoms with van der Waals surface area (Å²) in [4.78, 5) is 11.9. The molecule has 7 nitrogen and oxygen atoms in total. The molecule has 1 aliphatic heterocycles. The molecule has 1 aliphatic rings. The molecule has 0 bridgehead atoms. The fourth-order valence-electron chi connectivity index (χ4n) is 2.71. The quantitative estimate of drug-likeness (QED) is 0.728. The van der Waals surface area contributed by atoms with Crippen molar-refractivity contribution in [3.05, 3.63) is 23.8 Å². The summed E-state index contributed by atoms with van der Waals surface area (Å²) in [5.74, 6) is 1.53. The fraction of sp³-hybridized carbons (Fsp3) is 0.471. The lowest BCUT2D eigenvalue weighted by Gasteiger charge is -2.12. The van der Waals surface area contributed by atoms with Crippen LogP contribution in [0.4, 0.5) is 0 Å². The zero-order chi connectivity index (χ0) is 18.4. The predicted octanol–water partition coefficient (Wildman–Crippen LogP) is 1.28. The van der Waals surface area contributed by atoms with Crippen molar-refractivity contribution in [2.45, 2.75) is 6.42 Å². The third kappa shape index (κ3) is 5.12. The SMILES string of the molecule is COc1cc(C=CC(=O)NCC2CCS(=O)(=O)C2)cc(OC)c1OC. The van der Waals surface area contributed by atoms with E-state index >= 15 is 0 Å². The minimum Gasteiger partial charge on any atom is -0.493 e. The van der Waals surface area contributed by atoms with Gasteiger partial charge < -0.3 is 19.5 Å². The highest BCUT2D eigenvalue weighted by molar-refractivity contribution is 7.91. The molecule has 8 heteroatoms. The molecule has 1 saturated heterocycles. The van der Waals surface area contributed by atoms with Gasteiger partial charge in [-0.1, -0.05) is 0 Å². The predicted molar refractivity (Wildman–Crippen MR) is 94.9 cm³/mol. The second-order valence-electron chi connectivity index (χ2n) is 5.81. The number of ether oxygens (including phenoxy) is 3. The molecule has 0 spiro atoms. The molecule has 0 saturated carbocycles. The lowest BCUT2D eigenvalue weighted by Crippen LogP contribution is -2.28. The highest BCUT2D eigenvalue weighted by Crippen LogP contribution is 2.38. The second kappa shape index (κ2) is 8.24. The van der Waals surface area contributed by atoms with E-state index in [1.807, 2.05) is 0 Å². The summed E-state index contributed by atoms with van der Waals surface area (Å²) in [6.45, 7) is 0.359. The van der Waals surface area contributed by atoms with Gasteiger partial charge in [-0.25, -0.2) is 8.42 Å². The minimum absolute atomic E-state index is 0.0106. The van der Waals surface area contributed by atoms with Crippen LogP contribution in [-0.4, -0.2) is 53.7 Å². The van der Waals surface area contributed by atoms with Gasteiger partial charge in [0.25, 0.3) is 0 Å². The molecule has 1 heterocycles. The van der Waals surface area contributed by atoms with Crippen LogP contribution < -0.4 is 19.5 Å². The maximum Gasteiger partial charge on any atom is 0.244 e. The summed E-state index contributed by atoms with van der Waals surface area (Å²) in [6, 6.07) is 3.46. The van der Waals surface area contributed by atoms with Gasteiger partial charge in [-0.05, 0) is 36.1 Å². The van der Waals surface area contributed by atoms with Gasteiger partial charge in [0.1, 0.15) is 0 Å². The molecule has 138 valence electrons. The van der Waals surface area contributed by atoms with Crippen LogP contribution >= 0.6 is 0 Å². The Morgan fingerprint density at radius 2 is 1.84 bits per heavy atom. The maximum atomic E-state index is 11.9. The molecule has 25 heavy (non-hydrogen) atoms. The summed E-state index contributed by atoms with van der Waals surface area (Å²) in [5, 5.41) is 2.73. The van der Waals surface area contributed by atoms with E-state index in [4.69, 9.17) is 14.2 Å². The van der Waals surface area contributed by atoms with Gasteiger partial charge in [0.15, 0.2) is 21.3 Å². The summed E-state index contributed by atoms with van der Waals surface area (Å²) in [7, 11) is 1.63. The van der Waals surface area contributed by atoms with Crippen molar-refractivity contribution in [2.75, 3.05) is 39.4 Å². The van der Waals surface area contributed by atoms with Gasteiger partial charge in [-0.15, -0.1) is 0 Å². The third-order valence-electron chi connectivity index (χ3n) is 4.01. The zero-order valence-corrected chi connectivity index (χ0v) is 15.4. The van der Waals surface area contributed by atoms with Crippen molar-refractivity contribution in [2.24, 2.45) is 5.92 Å². The first kappa shape index (κ1) is 19.1. The van der Waals surface area contributed by atoms with Crippen molar-refractivity contribution in [3.63, 3.8) is 0 Å². The highest BCUT2D eigenvalue weighted by Gasteiger charge is 2.27. The Morgan fingerprint density at radius 3 is 2.32 bits per heavy atom. The monoisotopic (exact) mass is 369 g/mol. The second-order valence-corrected chi connectivity index (χ2v) is 8.03. The van der Waals surface area contributed by atoms with Crippen LogP contribution in [0.2, 0.25) is 0 Å². The Labute approximate surface area is 147 Å². The molecule has 1 unspecified atom stereocenters. The van der Waals surface area contributed by atoms with Crippen LogP contribution in [-0.2, 0) is 14.6 Å². The molecule has 1 atom stereocenters. The van der Waals surface area contributed by atoms with E-state index < -0.39 is 9.84 Å². The Balaban J connectivity index is 1.99. The summed E-state index contributed by atoms with van der Waals surface area (Å²) < 4.78 is 38.6. The van der Waals surface area contributed by atoms with Gasteiger partial charge in [-0.3, -0.25) is 4.79 Å². The Morgan fingerprint density at radius 1 is 1.20 bits per heavy atom. The standard InChI is InChI=1S/C17H23NO6S/c1-22-14-8-12(9-15(23-2)17(14)24-3)4-5-16(19)18-10-13-6-7-25(20,21)11-13/h4-5,8-9,13H,6-7,10-11H2,1-3H3,(H,18,19). The summed E-state index contributed by atoms with van der Waals surface area (Å²) in [5.41, 5.74) is 0.716. The molecule has 1 amide bonds. The molecule has 0 radical (unpaired) electrons. The maximum absolute atomic E-state index is 11.9. The molecule has 1 aromatic rings. The van der Waals surface area contributed by atoms with Crippen molar-refractivity contribution in [3.8, 4) is 17.2 Å². The number of carbonyl (C=O) groups excluding carboxylic acids is 1. The lowest BCUT2D eigenvalue weighted by atomic mass is 10.1. The van der Waals surface area contributed by atoms with Crippen LogP contribution in [0.5, 0.6) is 17.2 Å². The number of carbonyl (C=O) groups is 1. The zero-order valence-electron chi connectivity index (χ0n) is 14.6. The van der Waals surface area contributed by atoms with Crippen LogP contribution in [0.1, 0.15) is 12.0 Å². The molecule has 1 fully saturated rings. The highest BCUT2D eigenvalue weighted by atomic mass is 32.2. The fourth-order valence-corrected chi connectivity index (χ4v) is 4.57. The normalized spacial score (nSPS) is 18.9. The minimum atomic E-state index is -2.93.